The van der Waals surface area contributed by atoms with Gasteiger partial charge in [-0.1, -0.05) is 35.9 Å². The highest BCUT2D eigenvalue weighted by Gasteiger charge is 2.41. The Morgan fingerprint density at radius 2 is 1.81 bits per heavy atom. The van der Waals surface area contributed by atoms with Gasteiger partial charge >= 0.3 is 0 Å². The minimum atomic E-state index is -0.0774. The number of benzene rings is 2. The molecule has 0 amide bonds. The third kappa shape index (κ3) is 4.36. The Morgan fingerprint density at radius 1 is 1.03 bits per heavy atom. The Bertz CT molecular complexity index is 1400. The molecule has 2 atom stereocenters. The van der Waals surface area contributed by atoms with Crippen molar-refractivity contribution in [2.45, 2.75) is 39.4 Å². The van der Waals surface area contributed by atoms with Gasteiger partial charge in [-0.2, -0.15) is 0 Å². The van der Waals surface area contributed by atoms with Crippen LogP contribution in [0, 0.1) is 20.8 Å². The van der Waals surface area contributed by atoms with E-state index in [4.69, 9.17) is 28.6 Å². The fourth-order valence-electron chi connectivity index (χ4n) is 5.14. The summed E-state index contributed by atoms with van der Waals surface area (Å²) in [5.41, 5.74) is 7.79. The molecule has 3 heterocycles. The Morgan fingerprint density at radius 3 is 2.50 bits per heavy atom. The first-order valence-corrected chi connectivity index (χ1v) is 12.7. The third-order valence-corrected chi connectivity index (χ3v) is 7.74. The summed E-state index contributed by atoms with van der Waals surface area (Å²) >= 11 is 12.4. The molecule has 0 saturated carbocycles. The minimum absolute atomic E-state index is 0.0334. The van der Waals surface area contributed by atoms with Gasteiger partial charge in [0, 0.05) is 34.8 Å². The van der Waals surface area contributed by atoms with Crippen molar-refractivity contribution >= 4 is 28.9 Å². The maximum Gasteiger partial charge on any atom is 0.170 e. The lowest BCUT2D eigenvalue weighted by Gasteiger charge is -2.28. The van der Waals surface area contributed by atoms with Crippen molar-refractivity contribution in [2.75, 3.05) is 7.11 Å². The summed E-state index contributed by atoms with van der Waals surface area (Å²) in [6, 6.07) is 22.4. The van der Waals surface area contributed by atoms with Gasteiger partial charge in [0.05, 0.1) is 24.9 Å². The molecule has 0 spiro atoms. The smallest absolute Gasteiger partial charge is 0.170 e. The number of nitrogens with zero attached hydrogens (tertiary/aromatic N) is 3. The van der Waals surface area contributed by atoms with Crippen LogP contribution in [-0.4, -0.2) is 26.7 Å². The summed E-state index contributed by atoms with van der Waals surface area (Å²) in [5, 5.41) is 5.05. The largest absolute Gasteiger partial charge is 0.497 e. The van der Waals surface area contributed by atoms with E-state index in [1.165, 1.54) is 5.56 Å². The number of halogens is 1. The first-order valence-electron chi connectivity index (χ1n) is 11.9. The van der Waals surface area contributed by atoms with Crippen molar-refractivity contribution in [1.29, 1.82) is 0 Å². The molecule has 0 radical (unpaired) electrons. The second kappa shape index (κ2) is 9.96. The monoisotopic (exact) mass is 516 g/mol. The van der Waals surface area contributed by atoms with Gasteiger partial charge in [0.15, 0.2) is 5.11 Å². The average Bonchev–Trinajstić information content (AvgIpc) is 3.36. The number of hydrogen-bond donors (Lipinski definition) is 1. The number of rotatable bonds is 6. The summed E-state index contributed by atoms with van der Waals surface area (Å²) in [5.74, 6) is 0.837. The first-order chi connectivity index (χ1) is 17.4. The molecule has 1 aliphatic rings. The van der Waals surface area contributed by atoms with Crippen LogP contribution >= 0.6 is 23.8 Å². The van der Waals surface area contributed by atoms with E-state index in [-0.39, 0.29) is 12.1 Å². The van der Waals surface area contributed by atoms with Gasteiger partial charge in [-0.15, -0.1) is 0 Å². The van der Waals surface area contributed by atoms with E-state index in [0.29, 0.717) is 6.54 Å². The Hall–Kier alpha value is -3.35. The van der Waals surface area contributed by atoms with Gasteiger partial charge in [-0.3, -0.25) is 4.98 Å². The zero-order valence-corrected chi connectivity index (χ0v) is 22.4. The molecule has 7 heteroatoms. The van der Waals surface area contributed by atoms with Crippen LogP contribution in [0.15, 0.2) is 72.9 Å². The van der Waals surface area contributed by atoms with Crippen LogP contribution in [0.1, 0.15) is 45.9 Å². The second-order valence-corrected chi connectivity index (χ2v) is 9.94. The molecule has 1 aliphatic heterocycles. The van der Waals surface area contributed by atoms with Crippen LogP contribution in [0.5, 0.6) is 5.75 Å². The molecule has 2 aromatic carbocycles. The molecular weight excluding hydrogens is 488 g/mol. The van der Waals surface area contributed by atoms with Crippen LogP contribution < -0.4 is 10.1 Å². The van der Waals surface area contributed by atoms with Crippen molar-refractivity contribution in [1.82, 2.24) is 19.8 Å². The van der Waals surface area contributed by atoms with Crippen LogP contribution in [0.4, 0.5) is 0 Å². The number of hydrogen-bond acceptors (Lipinski definition) is 3. The molecule has 0 bridgehead atoms. The second-order valence-electron chi connectivity index (χ2n) is 9.15. The van der Waals surface area contributed by atoms with Crippen molar-refractivity contribution in [3.05, 3.63) is 112 Å². The lowest BCUT2D eigenvalue weighted by Crippen LogP contribution is -2.29. The molecule has 1 saturated heterocycles. The highest BCUT2D eigenvalue weighted by atomic mass is 35.5. The van der Waals surface area contributed by atoms with Crippen LogP contribution in [0.3, 0.4) is 0 Å². The number of nitrogens with one attached hydrogen (secondary N) is 1. The lowest BCUT2D eigenvalue weighted by atomic mass is 9.96. The van der Waals surface area contributed by atoms with E-state index in [9.17, 15) is 0 Å². The molecule has 1 N–H and O–H groups in total. The SMILES string of the molecule is COc1ccc(CN2C(=S)N[C@H](c3ccccn3)[C@H]2c2cc(C)n(-c3cccc(Cl)c3C)c2C)cc1. The number of aryl methyl sites for hydroxylation is 1. The molecule has 2 aromatic heterocycles. The molecule has 36 heavy (non-hydrogen) atoms. The quantitative estimate of drug-likeness (QED) is 0.291. The molecule has 4 aromatic rings. The summed E-state index contributed by atoms with van der Waals surface area (Å²) in [6.45, 7) is 7.05. The molecule has 0 unspecified atom stereocenters. The zero-order chi connectivity index (χ0) is 25.4. The molecule has 1 fully saturated rings. The predicted octanol–water partition coefficient (Wildman–Crippen LogP) is 6.63. The van der Waals surface area contributed by atoms with E-state index in [1.807, 2.05) is 42.6 Å². The van der Waals surface area contributed by atoms with E-state index >= 15 is 0 Å². The maximum atomic E-state index is 6.49. The van der Waals surface area contributed by atoms with Crippen molar-refractivity contribution < 1.29 is 4.74 Å². The fraction of sp³-hybridized carbons (Fsp3) is 0.241. The van der Waals surface area contributed by atoms with Crippen LogP contribution in [-0.2, 0) is 6.54 Å². The highest BCUT2D eigenvalue weighted by Crippen LogP contribution is 2.42. The van der Waals surface area contributed by atoms with Gasteiger partial charge in [-0.25, -0.2) is 0 Å². The van der Waals surface area contributed by atoms with Gasteiger partial charge < -0.3 is 19.5 Å². The first kappa shape index (κ1) is 24.3. The minimum Gasteiger partial charge on any atom is -0.497 e. The number of methoxy groups -OCH3 is 1. The Balaban J connectivity index is 1.61. The molecule has 0 aliphatic carbocycles. The number of aromatic nitrogens is 2. The van der Waals surface area contributed by atoms with Gasteiger partial charge in [0.2, 0.25) is 0 Å². The van der Waals surface area contributed by atoms with Crippen molar-refractivity contribution in [2.24, 2.45) is 0 Å². The maximum absolute atomic E-state index is 6.49. The number of ether oxygens (including phenoxy) is 1. The summed E-state index contributed by atoms with van der Waals surface area (Å²) in [6.07, 6.45) is 1.84. The lowest BCUT2D eigenvalue weighted by molar-refractivity contribution is 0.310. The van der Waals surface area contributed by atoms with E-state index < -0.39 is 0 Å². The topological polar surface area (TPSA) is 42.3 Å². The van der Waals surface area contributed by atoms with Crippen molar-refractivity contribution in [3.8, 4) is 11.4 Å². The Labute approximate surface area is 222 Å². The van der Waals surface area contributed by atoms with Crippen LogP contribution in [0.2, 0.25) is 5.02 Å². The van der Waals surface area contributed by atoms with E-state index in [1.54, 1.807) is 7.11 Å². The Kier molecular flexibility index (Phi) is 6.73. The van der Waals surface area contributed by atoms with Crippen LogP contribution in [0.25, 0.3) is 5.69 Å². The standard InChI is InChI=1S/C29H29ClN4OS/c1-18-16-23(20(3)34(18)26-10-7-8-24(30)19(26)2)28-27(25-9-5-6-15-31-25)32-29(36)33(28)17-21-11-13-22(35-4)14-12-21/h5-16,27-28H,17H2,1-4H3,(H,32,36)/t27-,28-/m1/s1. The molecular formula is C29H29ClN4OS. The average molecular weight is 517 g/mol. The van der Waals surface area contributed by atoms with Crippen molar-refractivity contribution in [3.63, 3.8) is 0 Å². The number of thiocarbonyl (C=S) groups is 1. The van der Waals surface area contributed by atoms with Gasteiger partial charge in [0.1, 0.15) is 5.75 Å². The summed E-state index contributed by atoms with van der Waals surface area (Å²) in [4.78, 5) is 6.96. The molecule has 5 nitrogen and oxygen atoms in total. The normalized spacial score (nSPS) is 17.4. The van der Waals surface area contributed by atoms with Gasteiger partial charge in [-0.05, 0) is 92.1 Å². The summed E-state index contributed by atoms with van der Waals surface area (Å²) < 4.78 is 7.64. The highest BCUT2D eigenvalue weighted by molar-refractivity contribution is 7.80. The third-order valence-electron chi connectivity index (χ3n) is 6.98. The van der Waals surface area contributed by atoms with E-state index in [0.717, 1.165) is 49.8 Å². The summed E-state index contributed by atoms with van der Waals surface area (Å²) in [7, 11) is 1.68. The molecule has 5 rings (SSSR count). The predicted molar refractivity (Wildman–Crippen MR) is 149 cm³/mol. The van der Waals surface area contributed by atoms with Gasteiger partial charge in [0.25, 0.3) is 0 Å². The molecule has 184 valence electrons. The number of pyridine rings is 1. The van der Waals surface area contributed by atoms with E-state index in [2.05, 4.69) is 70.9 Å². The zero-order valence-electron chi connectivity index (χ0n) is 20.8. The fourth-order valence-corrected chi connectivity index (χ4v) is 5.61.